The van der Waals surface area contributed by atoms with Gasteiger partial charge in [-0.3, -0.25) is 14.2 Å². The monoisotopic (exact) mass is 579 g/mol. The summed E-state index contributed by atoms with van der Waals surface area (Å²) in [5.74, 6) is 0.403. The zero-order valence-corrected chi connectivity index (χ0v) is 25.2. The fourth-order valence-corrected chi connectivity index (χ4v) is 6.89. The number of ether oxygens (including phenoxy) is 2. The summed E-state index contributed by atoms with van der Waals surface area (Å²) >= 11 is 1.32. The van der Waals surface area contributed by atoms with Crippen LogP contribution in [0.5, 0.6) is 5.75 Å². The Balaban J connectivity index is 1.78. The lowest BCUT2D eigenvalue weighted by Gasteiger charge is -2.31. The summed E-state index contributed by atoms with van der Waals surface area (Å²) in [4.78, 5) is 44.6. The van der Waals surface area contributed by atoms with Gasteiger partial charge >= 0.3 is 5.69 Å². The molecule has 1 aliphatic rings. The lowest BCUT2D eigenvalue weighted by molar-refractivity contribution is -0.138. The second kappa shape index (κ2) is 11.3. The van der Waals surface area contributed by atoms with Crippen molar-refractivity contribution in [2.24, 2.45) is 0 Å². The van der Waals surface area contributed by atoms with E-state index in [0.29, 0.717) is 34.6 Å². The van der Waals surface area contributed by atoms with Gasteiger partial charge in [-0.1, -0.05) is 29.5 Å². The van der Waals surface area contributed by atoms with Gasteiger partial charge in [-0.05, 0) is 59.6 Å². The van der Waals surface area contributed by atoms with Gasteiger partial charge in [-0.25, -0.2) is 14.0 Å². The minimum atomic E-state index is -1.40. The molecule has 0 spiro atoms. The number of likely N-dealkylation sites (tertiary alicyclic amines) is 1. The van der Waals surface area contributed by atoms with E-state index in [2.05, 4.69) is 5.10 Å². The molecule has 3 aromatic heterocycles. The maximum atomic E-state index is 14.4. The van der Waals surface area contributed by atoms with E-state index >= 15 is 0 Å². The highest BCUT2D eigenvalue weighted by Crippen LogP contribution is 2.34. The average molecular weight is 580 g/mol. The first-order valence-corrected chi connectivity index (χ1v) is 14.7. The van der Waals surface area contributed by atoms with E-state index in [1.165, 1.54) is 11.3 Å². The van der Waals surface area contributed by atoms with Gasteiger partial charge in [0.2, 0.25) is 5.91 Å². The summed E-state index contributed by atoms with van der Waals surface area (Å²) in [6.07, 6.45) is 4.57. The van der Waals surface area contributed by atoms with Gasteiger partial charge in [-0.2, -0.15) is 5.10 Å². The number of carbonyl (C=O) groups is 1. The highest BCUT2D eigenvalue weighted by molar-refractivity contribution is 7.21. The number of para-hydroxylation sites is 1. The lowest BCUT2D eigenvalue weighted by atomic mass is 10.0. The Morgan fingerprint density at radius 1 is 1.12 bits per heavy atom. The van der Waals surface area contributed by atoms with Crippen molar-refractivity contribution in [1.29, 1.82) is 0 Å². The van der Waals surface area contributed by atoms with Crippen LogP contribution in [-0.4, -0.2) is 56.0 Å². The Morgan fingerprint density at radius 3 is 2.46 bits per heavy atom. The molecule has 4 heterocycles. The van der Waals surface area contributed by atoms with E-state index in [9.17, 15) is 14.4 Å². The number of rotatable bonds is 9. The molecule has 4 aromatic rings. The molecular weight excluding hydrogens is 542 g/mol. The molecule has 218 valence electrons. The number of amides is 1. The summed E-state index contributed by atoms with van der Waals surface area (Å²) in [5, 5.41) is 5.50. The molecular formula is C30H37N5O5S. The van der Waals surface area contributed by atoms with Crippen molar-refractivity contribution in [2.45, 2.75) is 71.8 Å². The van der Waals surface area contributed by atoms with Crippen molar-refractivity contribution in [3.63, 3.8) is 0 Å². The minimum Gasteiger partial charge on any atom is -0.496 e. The highest BCUT2D eigenvalue weighted by Gasteiger charge is 2.39. The molecule has 10 nitrogen and oxygen atoms in total. The van der Waals surface area contributed by atoms with Crippen LogP contribution < -0.4 is 16.0 Å². The largest absolute Gasteiger partial charge is 0.496 e. The molecule has 1 fully saturated rings. The number of methoxy groups -OCH3 is 1. The Kier molecular flexibility index (Phi) is 7.93. The van der Waals surface area contributed by atoms with Crippen LogP contribution in [0.3, 0.4) is 0 Å². The van der Waals surface area contributed by atoms with Crippen LogP contribution in [0.25, 0.3) is 15.2 Å². The van der Waals surface area contributed by atoms with E-state index in [-0.39, 0.29) is 18.6 Å². The van der Waals surface area contributed by atoms with E-state index in [0.717, 1.165) is 28.0 Å². The summed E-state index contributed by atoms with van der Waals surface area (Å²) in [6, 6.07) is 9.36. The molecule has 5 rings (SSSR count). The molecule has 0 aliphatic carbocycles. The molecule has 1 aromatic carbocycles. The van der Waals surface area contributed by atoms with Crippen molar-refractivity contribution in [3.8, 4) is 10.8 Å². The molecule has 0 bridgehead atoms. The summed E-state index contributed by atoms with van der Waals surface area (Å²) < 4.78 is 16.4. The Labute approximate surface area is 242 Å². The first kappa shape index (κ1) is 28.8. The lowest BCUT2D eigenvalue weighted by Crippen LogP contribution is -2.56. The quantitative estimate of drug-likeness (QED) is 0.294. The Bertz CT molecular complexity index is 1680. The molecule has 1 saturated heterocycles. The first-order valence-electron chi connectivity index (χ1n) is 13.9. The number of thiophene rings is 1. The van der Waals surface area contributed by atoms with Crippen LogP contribution >= 0.6 is 11.3 Å². The molecule has 0 radical (unpaired) electrons. The molecule has 1 atom stereocenters. The van der Waals surface area contributed by atoms with Gasteiger partial charge in [0, 0.05) is 36.6 Å². The minimum absolute atomic E-state index is 0.112. The van der Waals surface area contributed by atoms with Gasteiger partial charge in [0.15, 0.2) is 0 Å². The van der Waals surface area contributed by atoms with E-state index in [1.54, 1.807) is 53.6 Å². The average Bonchev–Trinajstić information content (AvgIpc) is 3.71. The summed E-state index contributed by atoms with van der Waals surface area (Å²) in [7, 11) is 1.60. The zero-order valence-electron chi connectivity index (χ0n) is 24.4. The third-order valence-electron chi connectivity index (χ3n) is 7.65. The predicted molar refractivity (Wildman–Crippen MR) is 159 cm³/mol. The highest BCUT2D eigenvalue weighted by atomic mass is 32.1. The van der Waals surface area contributed by atoms with Crippen LogP contribution in [-0.2, 0) is 21.6 Å². The number of hydrogen-bond donors (Lipinski definition) is 0. The number of carbonyl (C=O) groups excluding carboxylic acids is 1. The molecule has 1 amide bonds. The number of hydrogen-bond acceptors (Lipinski definition) is 7. The maximum Gasteiger partial charge on any atom is 0.333 e. The third kappa shape index (κ3) is 5.12. The van der Waals surface area contributed by atoms with Crippen molar-refractivity contribution in [2.75, 3.05) is 20.2 Å². The van der Waals surface area contributed by atoms with Crippen molar-refractivity contribution < 1.29 is 14.3 Å². The van der Waals surface area contributed by atoms with Crippen molar-refractivity contribution in [3.05, 3.63) is 74.7 Å². The number of nitrogens with zero attached hydrogens (tertiary/aromatic N) is 5. The topological polar surface area (TPSA) is 101 Å². The van der Waals surface area contributed by atoms with Crippen molar-refractivity contribution in [1.82, 2.24) is 23.8 Å². The summed E-state index contributed by atoms with van der Waals surface area (Å²) in [6.45, 7) is 10.4. The van der Waals surface area contributed by atoms with E-state index < -0.39 is 22.9 Å². The van der Waals surface area contributed by atoms with Gasteiger partial charge in [0.1, 0.15) is 27.2 Å². The third-order valence-corrected chi connectivity index (χ3v) is 8.95. The van der Waals surface area contributed by atoms with Crippen LogP contribution in [0.2, 0.25) is 0 Å². The van der Waals surface area contributed by atoms with Gasteiger partial charge in [-0.15, -0.1) is 0 Å². The molecule has 0 N–H and O–H groups in total. The Morgan fingerprint density at radius 2 is 1.83 bits per heavy atom. The number of aromatic nitrogens is 4. The van der Waals surface area contributed by atoms with Crippen molar-refractivity contribution >= 4 is 27.5 Å². The molecule has 1 unspecified atom stereocenters. The predicted octanol–water partition coefficient (Wildman–Crippen LogP) is 4.25. The van der Waals surface area contributed by atoms with Crippen LogP contribution in [0.1, 0.15) is 57.8 Å². The molecule has 0 saturated carbocycles. The number of benzene rings is 1. The van der Waals surface area contributed by atoms with Gasteiger partial charge in [0.25, 0.3) is 5.56 Å². The SMILES string of the molecule is COc1ccccc1C(Cn1c(=O)n(C(C)(C)C(=O)N2CCCC2)c(=O)c2c(C)c(-n3cccn3)sc21)OC(C)C. The normalized spacial score (nSPS) is 14.8. The first-order chi connectivity index (χ1) is 19.6. The fraction of sp³-hybridized carbons (Fsp3) is 0.467. The fourth-order valence-electron chi connectivity index (χ4n) is 5.64. The smallest absolute Gasteiger partial charge is 0.333 e. The Hall–Kier alpha value is -3.70. The van der Waals surface area contributed by atoms with Crippen LogP contribution in [0, 0.1) is 6.92 Å². The van der Waals surface area contributed by atoms with Crippen LogP contribution in [0.4, 0.5) is 0 Å². The second-order valence-corrected chi connectivity index (χ2v) is 12.1. The maximum absolute atomic E-state index is 14.4. The van der Waals surface area contributed by atoms with E-state index in [4.69, 9.17) is 9.47 Å². The molecule has 41 heavy (non-hydrogen) atoms. The number of fused-ring (bicyclic) bond motifs is 1. The van der Waals surface area contributed by atoms with Crippen LogP contribution in [0.15, 0.2) is 52.3 Å². The standard InChI is InChI=1S/C30H37N5O5S/c1-19(2)40-23(21-12-7-8-13-22(21)39-6)18-33-27-24(20(3)26(41-27)34-17-11-14-31-34)25(36)35(29(33)38)30(4,5)28(37)32-15-9-10-16-32/h7-8,11-14,17,19,23H,9-10,15-16,18H2,1-6H3. The second-order valence-electron chi connectivity index (χ2n) is 11.2. The summed E-state index contributed by atoms with van der Waals surface area (Å²) in [5.41, 5.74) is -0.947. The zero-order chi connectivity index (χ0) is 29.5. The van der Waals surface area contributed by atoms with Gasteiger partial charge < -0.3 is 14.4 Å². The molecule has 1 aliphatic heterocycles. The van der Waals surface area contributed by atoms with Gasteiger partial charge in [0.05, 0.1) is 25.1 Å². The number of aryl methyl sites for hydroxylation is 1. The van der Waals surface area contributed by atoms with E-state index in [1.807, 2.05) is 45.0 Å². The molecule has 11 heteroatoms.